The number of carbonyl (C=O) groups is 1. The Morgan fingerprint density at radius 3 is 2.40 bits per heavy atom. The highest BCUT2D eigenvalue weighted by molar-refractivity contribution is 5.80. The second-order valence-electron chi connectivity index (χ2n) is 6.40. The second-order valence-corrected chi connectivity index (χ2v) is 6.40. The molecular formula is C16H32N2O2. The van der Waals surface area contributed by atoms with E-state index in [-0.39, 0.29) is 5.97 Å². The first-order valence-electron chi connectivity index (χ1n) is 8.07. The van der Waals surface area contributed by atoms with E-state index in [1.807, 2.05) is 20.8 Å². The number of esters is 1. The zero-order valence-electron chi connectivity index (χ0n) is 13.9. The van der Waals surface area contributed by atoms with Gasteiger partial charge in [0.15, 0.2) is 0 Å². The first kappa shape index (κ1) is 17.4. The summed E-state index contributed by atoms with van der Waals surface area (Å²) in [6.45, 7) is 15.2. The molecule has 0 spiro atoms. The average Bonchev–Trinajstić information content (AvgIpc) is 2.69. The fraction of sp³-hybridized carbons (Fsp3) is 0.938. The predicted molar refractivity (Wildman–Crippen MR) is 82.7 cm³/mol. The molecule has 1 fully saturated rings. The van der Waals surface area contributed by atoms with Crippen molar-refractivity contribution in [3.63, 3.8) is 0 Å². The summed E-state index contributed by atoms with van der Waals surface area (Å²) in [6.07, 6.45) is 1.86. The zero-order valence-corrected chi connectivity index (χ0v) is 13.9. The second kappa shape index (κ2) is 7.99. The Bertz CT molecular complexity index is 299. The number of likely N-dealkylation sites (N-methyl/N-ethyl adjacent to an activating group) is 1. The van der Waals surface area contributed by atoms with Crippen LogP contribution in [0.2, 0.25) is 0 Å². The van der Waals surface area contributed by atoms with Crippen molar-refractivity contribution in [1.29, 1.82) is 0 Å². The van der Waals surface area contributed by atoms with E-state index >= 15 is 0 Å². The Hall–Kier alpha value is -0.610. The molecule has 3 unspecified atom stereocenters. The predicted octanol–water partition coefficient (Wildman–Crippen LogP) is 2.29. The van der Waals surface area contributed by atoms with Gasteiger partial charge in [0.1, 0.15) is 5.54 Å². The normalized spacial score (nSPS) is 26.4. The Morgan fingerprint density at radius 1 is 1.30 bits per heavy atom. The van der Waals surface area contributed by atoms with E-state index in [0.29, 0.717) is 6.61 Å². The summed E-state index contributed by atoms with van der Waals surface area (Å²) in [5.74, 6) is 1.46. The molecule has 3 atom stereocenters. The standard InChI is InChI=1S/C16H32N2O2/c1-6-17-16(5,15(19)20-7-2)9-8-10-18-11-13(3)14(4)12-18/h13-14,17H,6-12H2,1-5H3. The Morgan fingerprint density at radius 2 is 1.90 bits per heavy atom. The van der Waals surface area contributed by atoms with Gasteiger partial charge in [0.05, 0.1) is 6.61 Å². The van der Waals surface area contributed by atoms with Crippen LogP contribution in [-0.4, -0.2) is 49.2 Å². The molecule has 1 N–H and O–H groups in total. The van der Waals surface area contributed by atoms with Crippen LogP contribution in [-0.2, 0) is 9.53 Å². The van der Waals surface area contributed by atoms with Gasteiger partial charge in [0.25, 0.3) is 0 Å². The smallest absolute Gasteiger partial charge is 0.326 e. The number of nitrogens with one attached hydrogen (secondary N) is 1. The first-order chi connectivity index (χ1) is 9.42. The fourth-order valence-electron chi connectivity index (χ4n) is 3.03. The van der Waals surface area contributed by atoms with Gasteiger partial charge in [-0.3, -0.25) is 4.79 Å². The van der Waals surface area contributed by atoms with E-state index in [2.05, 4.69) is 24.1 Å². The van der Waals surface area contributed by atoms with Gasteiger partial charge in [-0.2, -0.15) is 0 Å². The lowest BCUT2D eigenvalue weighted by Crippen LogP contribution is -2.50. The van der Waals surface area contributed by atoms with Crippen LogP contribution in [0.5, 0.6) is 0 Å². The van der Waals surface area contributed by atoms with E-state index < -0.39 is 5.54 Å². The van der Waals surface area contributed by atoms with Crippen molar-refractivity contribution in [3.8, 4) is 0 Å². The molecule has 0 amide bonds. The summed E-state index contributed by atoms with van der Waals surface area (Å²) in [4.78, 5) is 14.6. The maximum atomic E-state index is 12.1. The van der Waals surface area contributed by atoms with E-state index in [9.17, 15) is 4.79 Å². The summed E-state index contributed by atoms with van der Waals surface area (Å²) in [7, 11) is 0. The maximum absolute atomic E-state index is 12.1. The molecule has 4 nitrogen and oxygen atoms in total. The van der Waals surface area contributed by atoms with E-state index in [0.717, 1.165) is 37.8 Å². The zero-order chi connectivity index (χ0) is 15.2. The van der Waals surface area contributed by atoms with Gasteiger partial charge in [-0.15, -0.1) is 0 Å². The molecule has 1 rings (SSSR count). The number of rotatable bonds is 8. The molecule has 0 aromatic carbocycles. The van der Waals surface area contributed by atoms with Crippen LogP contribution < -0.4 is 5.32 Å². The Balaban J connectivity index is 2.41. The summed E-state index contributed by atoms with van der Waals surface area (Å²) < 4.78 is 5.20. The summed E-state index contributed by atoms with van der Waals surface area (Å²) >= 11 is 0. The Labute approximate surface area is 124 Å². The van der Waals surface area contributed by atoms with Crippen LogP contribution in [0, 0.1) is 11.8 Å². The molecule has 0 aliphatic carbocycles. The number of hydrogen-bond acceptors (Lipinski definition) is 4. The molecule has 20 heavy (non-hydrogen) atoms. The molecule has 1 aliphatic rings. The molecule has 0 aromatic heterocycles. The number of nitrogens with zero attached hydrogens (tertiary/aromatic N) is 1. The van der Waals surface area contributed by atoms with Gasteiger partial charge in [0.2, 0.25) is 0 Å². The Kier molecular flexibility index (Phi) is 6.96. The molecule has 0 bridgehead atoms. The van der Waals surface area contributed by atoms with Gasteiger partial charge in [-0.05, 0) is 51.6 Å². The van der Waals surface area contributed by atoms with Crippen LogP contribution in [0.3, 0.4) is 0 Å². The SMILES string of the molecule is CCNC(C)(CCCN1CC(C)C(C)C1)C(=O)OCC. The topological polar surface area (TPSA) is 41.6 Å². The fourth-order valence-corrected chi connectivity index (χ4v) is 3.03. The lowest BCUT2D eigenvalue weighted by molar-refractivity contribution is -0.150. The third-order valence-electron chi connectivity index (χ3n) is 4.51. The van der Waals surface area contributed by atoms with E-state index in [1.165, 1.54) is 13.1 Å². The molecule has 4 heteroatoms. The molecule has 1 saturated heterocycles. The minimum atomic E-state index is -0.540. The van der Waals surface area contributed by atoms with Crippen molar-refractivity contribution >= 4 is 5.97 Å². The van der Waals surface area contributed by atoms with E-state index in [4.69, 9.17) is 4.74 Å². The average molecular weight is 284 g/mol. The lowest BCUT2D eigenvalue weighted by Gasteiger charge is -2.29. The van der Waals surface area contributed by atoms with E-state index in [1.54, 1.807) is 0 Å². The molecule has 0 aromatic rings. The molecule has 0 saturated carbocycles. The van der Waals surface area contributed by atoms with Gasteiger partial charge in [-0.1, -0.05) is 20.8 Å². The van der Waals surface area contributed by atoms with Crippen LogP contribution in [0.1, 0.15) is 47.5 Å². The van der Waals surface area contributed by atoms with Gasteiger partial charge < -0.3 is 15.0 Å². The quantitative estimate of drug-likeness (QED) is 0.694. The van der Waals surface area contributed by atoms with Crippen LogP contribution in [0.15, 0.2) is 0 Å². The van der Waals surface area contributed by atoms with Crippen LogP contribution >= 0.6 is 0 Å². The number of carbonyl (C=O) groups excluding carboxylic acids is 1. The monoisotopic (exact) mass is 284 g/mol. The van der Waals surface area contributed by atoms with Crippen molar-refractivity contribution in [3.05, 3.63) is 0 Å². The lowest BCUT2D eigenvalue weighted by atomic mass is 9.95. The van der Waals surface area contributed by atoms with Crippen LogP contribution in [0.4, 0.5) is 0 Å². The third kappa shape index (κ3) is 4.74. The van der Waals surface area contributed by atoms with Crippen molar-refractivity contribution in [2.75, 3.05) is 32.8 Å². The maximum Gasteiger partial charge on any atom is 0.326 e. The highest BCUT2D eigenvalue weighted by atomic mass is 16.5. The molecule has 1 heterocycles. The molecular weight excluding hydrogens is 252 g/mol. The van der Waals surface area contributed by atoms with Crippen molar-refractivity contribution in [2.24, 2.45) is 11.8 Å². The van der Waals surface area contributed by atoms with Gasteiger partial charge in [0, 0.05) is 13.1 Å². The summed E-state index contributed by atoms with van der Waals surface area (Å²) in [5, 5.41) is 3.29. The van der Waals surface area contributed by atoms with Crippen molar-refractivity contribution in [2.45, 2.75) is 53.0 Å². The minimum Gasteiger partial charge on any atom is -0.465 e. The van der Waals surface area contributed by atoms with Gasteiger partial charge in [-0.25, -0.2) is 0 Å². The van der Waals surface area contributed by atoms with Crippen LogP contribution in [0.25, 0.3) is 0 Å². The first-order valence-corrected chi connectivity index (χ1v) is 8.07. The summed E-state index contributed by atoms with van der Waals surface area (Å²) in [6, 6.07) is 0. The molecule has 118 valence electrons. The number of likely N-dealkylation sites (tertiary alicyclic amines) is 1. The van der Waals surface area contributed by atoms with Crippen molar-refractivity contribution < 1.29 is 9.53 Å². The largest absolute Gasteiger partial charge is 0.465 e. The third-order valence-corrected chi connectivity index (χ3v) is 4.51. The number of ether oxygens (including phenoxy) is 1. The highest BCUT2D eigenvalue weighted by Gasteiger charge is 2.34. The van der Waals surface area contributed by atoms with Crippen molar-refractivity contribution in [1.82, 2.24) is 10.2 Å². The minimum absolute atomic E-state index is 0.120. The molecule has 1 aliphatic heterocycles. The number of hydrogen-bond donors (Lipinski definition) is 1. The van der Waals surface area contributed by atoms with Gasteiger partial charge >= 0.3 is 5.97 Å². The highest BCUT2D eigenvalue weighted by Crippen LogP contribution is 2.23. The molecule has 0 radical (unpaired) electrons. The summed E-state index contributed by atoms with van der Waals surface area (Å²) in [5.41, 5.74) is -0.540.